The van der Waals surface area contributed by atoms with E-state index in [2.05, 4.69) is 37.7 Å². The number of ketones is 1. The van der Waals surface area contributed by atoms with Crippen molar-refractivity contribution in [1.29, 1.82) is 0 Å². The van der Waals surface area contributed by atoms with Crippen molar-refractivity contribution in [3.8, 4) is 11.4 Å². The smallest absolute Gasteiger partial charge is 0.192 e. The quantitative estimate of drug-likeness (QED) is 0.323. The molecular formula is C16H13BrN4OS2. The number of Topliss-reactive ketones (excluding diaryl/α,β-unsaturated/α-hetero) is 1. The van der Waals surface area contributed by atoms with Gasteiger partial charge in [0.05, 0.1) is 14.4 Å². The van der Waals surface area contributed by atoms with Crippen molar-refractivity contribution >= 4 is 44.8 Å². The summed E-state index contributed by atoms with van der Waals surface area (Å²) >= 11 is 6.19. The number of hydrogen-bond donors (Lipinski definition) is 0. The molecule has 122 valence electrons. The SMILES string of the molecule is C=CCn1c(SCC(=O)c2ccc(Br)s2)nnc1-c1ccncc1. The van der Waals surface area contributed by atoms with Crippen LogP contribution in [0.3, 0.4) is 0 Å². The number of carbonyl (C=O) groups excluding carboxylic acids is 1. The summed E-state index contributed by atoms with van der Waals surface area (Å²) < 4.78 is 2.90. The summed E-state index contributed by atoms with van der Waals surface area (Å²) in [6.07, 6.45) is 5.22. The van der Waals surface area contributed by atoms with Crippen molar-refractivity contribution < 1.29 is 4.79 Å². The topological polar surface area (TPSA) is 60.7 Å². The lowest BCUT2D eigenvalue weighted by molar-refractivity contribution is 0.102. The number of allylic oxidation sites excluding steroid dienone is 1. The van der Waals surface area contributed by atoms with E-state index in [1.165, 1.54) is 23.1 Å². The molecular weight excluding hydrogens is 408 g/mol. The Labute approximate surface area is 156 Å². The summed E-state index contributed by atoms with van der Waals surface area (Å²) in [6.45, 7) is 4.36. The van der Waals surface area contributed by atoms with E-state index in [1.54, 1.807) is 18.5 Å². The van der Waals surface area contributed by atoms with Crippen LogP contribution < -0.4 is 0 Å². The lowest BCUT2D eigenvalue weighted by Gasteiger charge is -2.07. The molecule has 0 saturated heterocycles. The van der Waals surface area contributed by atoms with Gasteiger partial charge in [-0.3, -0.25) is 14.3 Å². The summed E-state index contributed by atoms with van der Waals surface area (Å²) in [5.74, 6) is 1.14. The van der Waals surface area contributed by atoms with Crippen LogP contribution in [-0.4, -0.2) is 31.3 Å². The van der Waals surface area contributed by atoms with E-state index in [0.717, 1.165) is 20.1 Å². The van der Waals surface area contributed by atoms with Gasteiger partial charge in [-0.2, -0.15) is 0 Å². The number of thioether (sulfide) groups is 1. The highest BCUT2D eigenvalue weighted by molar-refractivity contribution is 9.11. The average molecular weight is 421 g/mol. The minimum atomic E-state index is 0.0781. The molecule has 0 spiro atoms. The Balaban J connectivity index is 1.79. The van der Waals surface area contributed by atoms with Gasteiger partial charge in [-0.05, 0) is 40.2 Å². The molecule has 0 atom stereocenters. The first-order valence-electron chi connectivity index (χ1n) is 7.05. The highest BCUT2D eigenvalue weighted by Crippen LogP contribution is 2.27. The van der Waals surface area contributed by atoms with Crippen LogP contribution in [0.4, 0.5) is 0 Å². The molecule has 0 aliphatic heterocycles. The van der Waals surface area contributed by atoms with Crippen molar-refractivity contribution in [3.63, 3.8) is 0 Å². The molecule has 0 aromatic carbocycles. The van der Waals surface area contributed by atoms with Gasteiger partial charge in [-0.15, -0.1) is 28.1 Å². The highest BCUT2D eigenvalue weighted by Gasteiger charge is 2.16. The first-order valence-corrected chi connectivity index (χ1v) is 9.64. The third-order valence-electron chi connectivity index (χ3n) is 3.15. The third-order valence-corrected chi connectivity index (χ3v) is 5.78. The van der Waals surface area contributed by atoms with Crippen LogP contribution in [0, 0.1) is 0 Å². The maximum absolute atomic E-state index is 12.3. The second-order valence-corrected chi connectivity index (χ2v) is 8.16. The minimum absolute atomic E-state index is 0.0781. The van der Waals surface area contributed by atoms with E-state index >= 15 is 0 Å². The third kappa shape index (κ3) is 3.82. The van der Waals surface area contributed by atoms with Gasteiger partial charge in [0.25, 0.3) is 0 Å². The van der Waals surface area contributed by atoms with Crippen molar-refractivity contribution in [2.75, 3.05) is 5.75 Å². The van der Waals surface area contributed by atoms with Gasteiger partial charge in [-0.1, -0.05) is 17.8 Å². The molecule has 3 rings (SSSR count). The van der Waals surface area contributed by atoms with Crippen LogP contribution in [0.15, 0.2) is 58.3 Å². The number of pyridine rings is 1. The van der Waals surface area contributed by atoms with Crippen LogP contribution in [0.1, 0.15) is 9.67 Å². The molecule has 0 fully saturated rings. The van der Waals surface area contributed by atoms with Crippen molar-refractivity contribution in [1.82, 2.24) is 19.7 Å². The maximum Gasteiger partial charge on any atom is 0.192 e. The van der Waals surface area contributed by atoms with Gasteiger partial charge >= 0.3 is 0 Å². The Morgan fingerprint density at radius 2 is 2.08 bits per heavy atom. The molecule has 0 amide bonds. The van der Waals surface area contributed by atoms with E-state index in [-0.39, 0.29) is 5.78 Å². The first kappa shape index (κ1) is 17.1. The van der Waals surface area contributed by atoms with Gasteiger partial charge in [0.1, 0.15) is 0 Å². The minimum Gasteiger partial charge on any atom is -0.298 e. The lowest BCUT2D eigenvalue weighted by atomic mass is 10.2. The lowest BCUT2D eigenvalue weighted by Crippen LogP contribution is -2.04. The molecule has 5 nitrogen and oxygen atoms in total. The fourth-order valence-corrected chi connectivity index (χ4v) is 4.32. The number of carbonyl (C=O) groups is 1. The second kappa shape index (κ2) is 7.87. The van der Waals surface area contributed by atoms with Crippen molar-refractivity contribution in [2.24, 2.45) is 0 Å². The molecule has 3 aromatic heterocycles. The van der Waals surface area contributed by atoms with Gasteiger partial charge in [0.15, 0.2) is 16.8 Å². The molecule has 0 unspecified atom stereocenters. The summed E-state index contributed by atoms with van der Waals surface area (Å²) in [6, 6.07) is 7.47. The Hall–Kier alpha value is -1.77. The summed E-state index contributed by atoms with van der Waals surface area (Å²) in [7, 11) is 0. The molecule has 8 heteroatoms. The normalized spacial score (nSPS) is 10.7. The second-order valence-electron chi connectivity index (χ2n) is 4.76. The van der Waals surface area contributed by atoms with Crippen LogP contribution in [0.25, 0.3) is 11.4 Å². The fourth-order valence-electron chi connectivity index (χ4n) is 2.07. The predicted molar refractivity (Wildman–Crippen MR) is 101 cm³/mol. The molecule has 0 saturated carbocycles. The molecule has 0 aliphatic carbocycles. The zero-order valence-corrected chi connectivity index (χ0v) is 15.8. The molecule has 24 heavy (non-hydrogen) atoms. The largest absolute Gasteiger partial charge is 0.298 e. The maximum atomic E-state index is 12.3. The van der Waals surface area contributed by atoms with E-state index in [4.69, 9.17) is 0 Å². The average Bonchev–Trinajstić information content (AvgIpc) is 3.20. The molecule has 3 aromatic rings. The number of nitrogens with zero attached hydrogens (tertiary/aromatic N) is 4. The van der Waals surface area contributed by atoms with Gasteiger partial charge < -0.3 is 0 Å². The Bertz CT molecular complexity index is 860. The fraction of sp³-hybridized carbons (Fsp3) is 0.125. The molecule has 0 radical (unpaired) electrons. The van der Waals surface area contributed by atoms with E-state index in [0.29, 0.717) is 17.5 Å². The van der Waals surface area contributed by atoms with Gasteiger partial charge in [-0.25, -0.2) is 0 Å². The van der Waals surface area contributed by atoms with E-state index < -0.39 is 0 Å². The zero-order chi connectivity index (χ0) is 16.9. The van der Waals surface area contributed by atoms with E-state index in [9.17, 15) is 4.79 Å². The van der Waals surface area contributed by atoms with Crippen molar-refractivity contribution in [2.45, 2.75) is 11.7 Å². The Morgan fingerprint density at radius 3 is 2.75 bits per heavy atom. The van der Waals surface area contributed by atoms with Crippen LogP contribution in [-0.2, 0) is 6.54 Å². The molecule has 0 N–H and O–H groups in total. The van der Waals surface area contributed by atoms with Crippen molar-refractivity contribution in [3.05, 3.63) is 58.0 Å². The van der Waals surface area contributed by atoms with E-state index in [1.807, 2.05) is 28.8 Å². The predicted octanol–water partition coefficient (Wildman–Crippen LogP) is 4.33. The first-order chi connectivity index (χ1) is 11.7. The monoisotopic (exact) mass is 420 g/mol. The number of aromatic nitrogens is 4. The molecule has 0 bridgehead atoms. The number of hydrogen-bond acceptors (Lipinski definition) is 6. The highest BCUT2D eigenvalue weighted by atomic mass is 79.9. The Kier molecular flexibility index (Phi) is 5.60. The summed E-state index contributed by atoms with van der Waals surface area (Å²) in [5, 5.41) is 9.19. The molecule has 3 heterocycles. The van der Waals surface area contributed by atoms with Crippen LogP contribution >= 0.6 is 39.0 Å². The zero-order valence-electron chi connectivity index (χ0n) is 12.6. The van der Waals surface area contributed by atoms with Crippen LogP contribution in [0.5, 0.6) is 0 Å². The summed E-state index contributed by atoms with van der Waals surface area (Å²) in [5.41, 5.74) is 0.930. The van der Waals surface area contributed by atoms with Gasteiger partial charge in [0.2, 0.25) is 0 Å². The standard InChI is InChI=1S/C16H13BrN4OS2/c1-2-9-21-15(11-5-7-18-8-6-11)19-20-16(21)23-10-12(22)13-3-4-14(17)24-13/h2-8H,1,9-10H2. The molecule has 0 aliphatic rings. The summed E-state index contributed by atoms with van der Waals surface area (Å²) in [4.78, 5) is 17.0. The number of thiophene rings is 1. The number of halogens is 1. The number of rotatable bonds is 7. The van der Waals surface area contributed by atoms with Gasteiger partial charge in [0, 0.05) is 24.5 Å². The van der Waals surface area contributed by atoms with Crippen LogP contribution in [0.2, 0.25) is 0 Å². The Morgan fingerprint density at radius 1 is 1.29 bits per heavy atom.